The molecule has 0 bridgehead atoms. The number of anilines is 1. The van der Waals surface area contributed by atoms with Gasteiger partial charge < -0.3 is 24.3 Å². The van der Waals surface area contributed by atoms with Crippen LogP contribution in [0.15, 0.2) is 175 Å². The van der Waals surface area contributed by atoms with Crippen molar-refractivity contribution in [1.82, 2.24) is 0 Å². The molecule has 6 aromatic carbocycles. The topological polar surface area (TPSA) is 49.0 Å². The van der Waals surface area contributed by atoms with Crippen molar-refractivity contribution in [3.05, 3.63) is 208 Å². The zero-order chi connectivity index (χ0) is 40.8. The summed E-state index contributed by atoms with van der Waals surface area (Å²) in [5.74, 6) is 1.76. The Bertz CT molecular complexity index is 2110. The molecule has 300 valence electrons. The van der Waals surface area contributed by atoms with Crippen LogP contribution in [-0.4, -0.2) is 47.7 Å². The SMILES string of the molecule is CCC(Cc1ccc(OC)cc1)=C(c1ccccc1)c1ccc(NCCOC)cc1.CCC(Cc1ccccc1)=C(c1ccccc1)c1ccc(OCCOC)cc1. The highest BCUT2D eigenvalue weighted by Crippen LogP contribution is 2.33. The second-order valence-electron chi connectivity index (χ2n) is 13.9. The van der Waals surface area contributed by atoms with Gasteiger partial charge in [-0.2, -0.15) is 0 Å². The normalized spacial score (nSPS) is 11.7. The molecule has 6 rings (SSSR count). The maximum absolute atomic E-state index is 5.73. The van der Waals surface area contributed by atoms with Crippen molar-refractivity contribution < 1.29 is 18.9 Å². The molecule has 0 aliphatic carbocycles. The van der Waals surface area contributed by atoms with Gasteiger partial charge in [0.25, 0.3) is 0 Å². The second-order valence-corrected chi connectivity index (χ2v) is 13.9. The van der Waals surface area contributed by atoms with E-state index in [1.165, 1.54) is 55.7 Å². The number of ether oxygens (including phenoxy) is 4. The second kappa shape index (κ2) is 24.0. The zero-order valence-corrected chi connectivity index (χ0v) is 34.9. The molecule has 58 heavy (non-hydrogen) atoms. The Morgan fingerprint density at radius 2 is 0.862 bits per heavy atom. The number of benzene rings is 6. The predicted octanol–water partition coefficient (Wildman–Crippen LogP) is 12.4. The van der Waals surface area contributed by atoms with E-state index in [0.717, 1.165) is 49.4 Å². The summed E-state index contributed by atoms with van der Waals surface area (Å²) >= 11 is 0. The molecule has 0 saturated carbocycles. The van der Waals surface area contributed by atoms with Crippen LogP contribution in [0.25, 0.3) is 11.1 Å². The number of allylic oxidation sites excluding steroid dienone is 2. The Hall–Kier alpha value is -5.88. The number of nitrogens with one attached hydrogen (secondary N) is 1. The van der Waals surface area contributed by atoms with Gasteiger partial charge >= 0.3 is 0 Å². The summed E-state index contributed by atoms with van der Waals surface area (Å²) in [5.41, 5.74) is 14.2. The molecule has 6 aromatic rings. The van der Waals surface area contributed by atoms with E-state index in [0.29, 0.717) is 19.8 Å². The molecule has 0 aliphatic heterocycles. The van der Waals surface area contributed by atoms with E-state index in [2.05, 4.69) is 159 Å². The molecule has 0 heterocycles. The van der Waals surface area contributed by atoms with Crippen molar-refractivity contribution in [2.45, 2.75) is 39.5 Å². The summed E-state index contributed by atoms with van der Waals surface area (Å²) in [6, 6.07) is 57.5. The standard InChI is InChI=1S/C27H31NO2.C26H28O2/c1-4-22(20-21-10-16-26(30-3)17-11-21)27(23-8-6-5-7-9-23)24-12-14-25(15-13-24)28-18-19-29-2;1-3-22(20-21-10-6-4-7-11-21)26(23-12-8-5-9-13-23)24-14-16-25(17-15-24)28-19-18-27-2/h5-17,28H,4,18-20H2,1-3H3;4-17H,3,18-20H2,1-2H3. The third-order valence-corrected chi connectivity index (χ3v) is 10.0. The Kier molecular flexibility index (Phi) is 17.9. The van der Waals surface area contributed by atoms with Crippen LogP contribution < -0.4 is 14.8 Å². The Morgan fingerprint density at radius 3 is 1.33 bits per heavy atom. The lowest BCUT2D eigenvalue weighted by Crippen LogP contribution is -2.07. The maximum Gasteiger partial charge on any atom is 0.119 e. The molecule has 1 N–H and O–H groups in total. The van der Waals surface area contributed by atoms with Crippen molar-refractivity contribution in [3.8, 4) is 11.5 Å². The molecule has 0 fully saturated rings. The lowest BCUT2D eigenvalue weighted by molar-refractivity contribution is 0.146. The summed E-state index contributed by atoms with van der Waals surface area (Å²) in [6.45, 7) is 7.12. The maximum atomic E-state index is 5.73. The van der Waals surface area contributed by atoms with Crippen molar-refractivity contribution in [2.24, 2.45) is 0 Å². The van der Waals surface area contributed by atoms with Gasteiger partial charge in [0.15, 0.2) is 0 Å². The van der Waals surface area contributed by atoms with Gasteiger partial charge in [-0.3, -0.25) is 0 Å². The van der Waals surface area contributed by atoms with Gasteiger partial charge in [-0.25, -0.2) is 0 Å². The van der Waals surface area contributed by atoms with Gasteiger partial charge in [0.2, 0.25) is 0 Å². The molecule has 5 nitrogen and oxygen atoms in total. The molecular formula is C53H59NO4. The van der Waals surface area contributed by atoms with Crippen LogP contribution in [0.2, 0.25) is 0 Å². The van der Waals surface area contributed by atoms with Gasteiger partial charge in [-0.1, -0.05) is 152 Å². The fraction of sp³-hybridized carbons (Fsp3) is 0.245. The number of hydrogen-bond donors (Lipinski definition) is 1. The molecule has 0 saturated heterocycles. The van der Waals surface area contributed by atoms with Crippen LogP contribution >= 0.6 is 0 Å². The Labute approximate surface area is 347 Å². The summed E-state index contributed by atoms with van der Waals surface area (Å²) in [5, 5.41) is 3.39. The monoisotopic (exact) mass is 773 g/mol. The number of rotatable bonds is 19. The van der Waals surface area contributed by atoms with Crippen molar-refractivity contribution in [3.63, 3.8) is 0 Å². The summed E-state index contributed by atoms with van der Waals surface area (Å²) in [4.78, 5) is 0. The predicted molar refractivity (Wildman–Crippen MR) is 243 cm³/mol. The first kappa shape index (κ1) is 43.2. The molecule has 0 aromatic heterocycles. The molecule has 0 radical (unpaired) electrons. The lowest BCUT2D eigenvalue weighted by Gasteiger charge is -2.17. The largest absolute Gasteiger partial charge is 0.497 e. The van der Waals surface area contributed by atoms with E-state index >= 15 is 0 Å². The highest BCUT2D eigenvalue weighted by atomic mass is 16.5. The molecule has 0 atom stereocenters. The minimum absolute atomic E-state index is 0.561. The molecule has 5 heteroatoms. The van der Waals surface area contributed by atoms with E-state index in [1.807, 2.05) is 24.3 Å². The molecule has 0 aliphatic rings. The molecule has 0 amide bonds. The highest BCUT2D eigenvalue weighted by molar-refractivity contribution is 5.84. The lowest BCUT2D eigenvalue weighted by atomic mass is 9.88. The van der Waals surface area contributed by atoms with Crippen molar-refractivity contribution in [2.75, 3.05) is 53.0 Å². The first-order chi connectivity index (χ1) is 28.6. The van der Waals surface area contributed by atoms with Gasteiger partial charge in [0.1, 0.15) is 18.1 Å². The Balaban J connectivity index is 0.000000221. The highest BCUT2D eigenvalue weighted by Gasteiger charge is 2.14. The minimum Gasteiger partial charge on any atom is -0.497 e. The number of methoxy groups -OCH3 is 3. The van der Waals surface area contributed by atoms with E-state index in [4.69, 9.17) is 18.9 Å². The van der Waals surface area contributed by atoms with Crippen LogP contribution in [0, 0.1) is 0 Å². The van der Waals surface area contributed by atoms with Crippen LogP contribution in [0.5, 0.6) is 11.5 Å². The van der Waals surface area contributed by atoms with Crippen LogP contribution in [0.1, 0.15) is 60.1 Å². The average molecular weight is 774 g/mol. The minimum atomic E-state index is 0.561. The van der Waals surface area contributed by atoms with Gasteiger partial charge in [0.05, 0.1) is 20.3 Å². The fourth-order valence-electron chi connectivity index (χ4n) is 6.98. The fourth-order valence-corrected chi connectivity index (χ4v) is 6.98. The van der Waals surface area contributed by atoms with Crippen LogP contribution in [0.4, 0.5) is 5.69 Å². The first-order valence-electron chi connectivity index (χ1n) is 20.3. The number of hydrogen-bond acceptors (Lipinski definition) is 5. The summed E-state index contributed by atoms with van der Waals surface area (Å²) in [7, 11) is 5.10. The van der Waals surface area contributed by atoms with Crippen LogP contribution in [0.3, 0.4) is 0 Å². The van der Waals surface area contributed by atoms with Gasteiger partial charge in [-0.05, 0) is 107 Å². The average Bonchev–Trinajstić information content (AvgIpc) is 3.28. The van der Waals surface area contributed by atoms with E-state index in [-0.39, 0.29) is 0 Å². The van der Waals surface area contributed by atoms with Gasteiger partial charge in [0, 0.05) is 26.5 Å². The van der Waals surface area contributed by atoms with E-state index in [1.54, 1.807) is 21.3 Å². The van der Waals surface area contributed by atoms with E-state index < -0.39 is 0 Å². The third-order valence-electron chi connectivity index (χ3n) is 10.0. The Morgan fingerprint density at radius 1 is 0.431 bits per heavy atom. The van der Waals surface area contributed by atoms with Gasteiger partial charge in [-0.15, -0.1) is 0 Å². The molecular weight excluding hydrogens is 715 g/mol. The molecule has 0 unspecified atom stereocenters. The first-order valence-corrected chi connectivity index (χ1v) is 20.3. The zero-order valence-electron chi connectivity index (χ0n) is 34.9. The van der Waals surface area contributed by atoms with Crippen LogP contribution in [-0.2, 0) is 22.3 Å². The van der Waals surface area contributed by atoms with Crippen molar-refractivity contribution >= 4 is 16.8 Å². The third kappa shape index (κ3) is 13.1. The summed E-state index contributed by atoms with van der Waals surface area (Å²) < 4.78 is 21.2. The van der Waals surface area contributed by atoms with Crippen molar-refractivity contribution in [1.29, 1.82) is 0 Å². The quantitative estimate of drug-likeness (QED) is 0.0831. The molecule has 0 spiro atoms. The van der Waals surface area contributed by atoms with E-state index in [9.17, 15) is 0 Å². The smallest absolute Gasteiger partial charge is 0.119 e. The summed E-state index contributed by atoms with van der Waals surface area (Å²) in [6.07, 6.45) is 3.86.